The maximum absolute atomic E-state index is 13.9. The van der Waals surface area contributed by atoms with Crippen molar-refractivity contribution in [1.82, 2.24) is 19.6 Å². The zero-order chi connectivity index (χ0) is 26.3. The fourth-order valence-electron chi connectivity index (χ4n) is 5.70. The first-order chi connectivity index (χ1) is 18.4. The molecule has 3 fully saturated rings. The van der Waals surface area contributed by atoms with Crippen LogP contribution < -0.4 is 0 Å². The van der Waals surface area contributed by atoms with Gasteiger partial charge in [-0.3, -0.25) is 4.79 Å². The Labute approximate surface area is 228 Å². The van der Waals surface area contributed by atoms with Crippen molar-refractivity contribution in [3.8, 4) is 5.69 Å². The summed E-state index contributed by atoms with van der Waals surface area (Å²) < 4.78 is 7.58. The number of halogens is 1. The number of ether oxygens (including phenoxy) is 1. The van der Waals surface area contributed by atoms with Gasteiger partial charge in [0, 0.05) is 43.0 Å². The Balaban J connectivity index is 1.24. The molecular weight excluding hydrogens is 500 g/mol. The van der Waals surface area contributed by atoms with Crippen LogP contribution in [0.25, 0.3) is 5.69 Å². The standard InChI is InChI=1S/C30H33ClN4O3/c1-30(14-15-30)38-29(37)33-16-11-22(12-17-33)27-26(19-32-35(27)25-9-7-24(31)8-10-25)28(36)34-18-13-23(20-34)21-5-3-2-4-6-21/h2-10,19,22-23H,11-18,20H2,1H3. The molecule has 198 valence electrons. The van der Waals surface area contributed by atoms with Crippen molar-refractivity contribution in [2.45, 2.75) is 56.5 Å². The van der Waals surface area contributed by atoms with Crippen LogP contribution in [0.3, 0.4) is 0 Å². The topological polar surface area (TPSA) is 67.7 Å². The van der Waals surface area contributed by atoms with E-state index in [1.807, 2.05) is 46.8 Å². The summed E-state index contributed by atoms with van der Waals surface area (Å²) in [6, 6.07) is 18.0. The number of carbonyl (C=O) groups excluding carboxylic acids is 2. The van der Waals surface area contributed by atoms with E-state index in [0.717, 1.165) is 50.0 Å². The number of hydrogen-bond acceptors (Lipinski definition) is 4. The summed E-state index contributed by atoms with van der Waals surface area (Å²) >= 11 is 6.15. The normalized spacial score (nSPS) is 20.9. The minimum Gasteiger partial charge on any atom is -0.443 e. The number of piperidine rings is 1. The van der Waals surface area contributed by atoms with Crippen molar-refractivity contribution in [2.24, 2.45) is 0 Å². The Morgan fingerprint density at radius 3 is 2.26 bits per heavy atom. The van der Waals surface area contributed by atoms with Gasteiger partial charge in [0.2, 0.25) is 0 Å². The molecule has 2 saturated heterocycles. The number of rotatable bonds is 5. The smallest absolute Gasteiger partial charge is 0.410 e. The van der Waals surface area contributed by atoms with Gasteiger partial charge in [0.15, 0.2) is 0 Å². The zero-order valence-corrected chi connectivity index (χ0v) is 22.4. The zero-order valence-electron chi connectivity index (χ0n) is 21.7. The second-order valence-electron chi connectivity index (χ2n) is 11.1. The minimum absolute atomic E-state index is 0.0298. The van der Waals surface area contributed by atoms with Gasteiger partial charge in [-0.05, 0) is 68.9 Å². The van der Waals surface area contributed by atoms with Gasteiger partial charge in [0.1, 0.15) is 5.60 Å². The first kappa shape index (κ1) is 25.0. The van der Waals surface area contributed by atoms with Gasteiger partial charge in [0.05, 0.1) is 23.1 Å². The van der Waals surface area contributed by atoms with Crippen molar-refractivity contribution < 1.29 is 14.3 Å². The molecular formula is C30H33ClN4O3. The average Bonchev–Trinajstić information content (AvgIpc) is 3.33. The molecule has 2 aliphatic heterocycles. The Morgan fingerprint density at radius 2 is 1.58 bits per heavy atom. The predicted molar refractivity (Wildman–Crippen MR) is 146 cm³/mol. The highest BCUT2D eigenvalue weighted by atomic mass is 35.5. The lowest BCUT2D eigenvalue weighted by atomic mass is 9.90. The van der Waals surface area contributed by atoms with E-state index in [1.54, 1.807) is 11.1 Å². The quantitative estimate of drug-likeness (QED) is 0.403. The molecule has 3 aromatic rings. The molecule has 1 unspecified atom stereocenters. The molecule has 0 bridgehead atoms. The molecule has 1 aliphatic carbocycles. The molecule has 0 N–H and O–H groups in total. The Hall–Kier alpha value is -3.32. The fourth-order valence-corrected chi connectivity index (χ4v) is 5.83. The van der Waals surface area contributed by atoms with Gasteiger partial charge in [-0.25, -0.2) is 9.48 Å². The van der Waals surface area contributed by atoms with Gasteiger partial charge in [0.25, 0.3) is 5.91 Å². The van der Waals surface area contributed by atoms with Gasteiger partial charge in [-0.2, -0.15) is 5.10 Å². The van der Waals surface area contributed by atoms with E-state index in [9.17, 15) is 9.59 Å². The number of amides is 2. The van der Waals surface area contributed by atoms with E-state index in [2.05, 4.69) is 24.3 Å². The third-order valence-electron chi connectivity index (χ3n) is 8.28. The SMILES string of the molecule is CC1(OC(=O)N2CCC(c3c(C(=O)N4CCC(c5ccccc5)C4)cnn3-c3ccc(Cl)cc3)CC2)CC1. The highest BCUT2D eigenvalue weighted by Gasteiger charge is 2.43. The lowest BCUT2D eigenvalue weighted by Crippen LogP contribution is -2.40. The van der Waals surface area contributed by atoms with Crippen LogP contribution in [0.2, 0.25) is 5.02 Å². The monoisotopic (exact) mass is 532 g/mol. The summed E-state index contributed by atoms with van der Waals surface area (Å²) in [5.41, 5.74) is 3.44. The van der Waals surface area contributed by atoms with E-state index < -0.39 is 0 Å². The van der Waals surface area contributed by atoms with Crippen LogP contribution in [0.4, 0.5) is 4.79 Å². The van der Waals surface area contributed by atoms with Gasteiger partial charge in [-0.1, -0.05) is 41.9 Å². The van der Waals surface area contributed by atoms with E-state index in [0.29, 0.717) is 36.1 Å². The summed E-state index contributed by atoms with van der Waals surface area (Å²) in [4.78, 5) is 30.3. The molecule has 2 amide bonds. The third kappa shape index (κ3) is 5.04. The molecule has 7 nitrogen and oxygen atoms in total. The van der Waals surface area contributed by atoms with Crippen LogP contribution in [-0.2, 0) is 4.74 Å². The molecule has 1 atom stereocenters. The van der Waals surface area contributed by atoms with Crippen LogP contribution in [-0.4, -0.2) is 63.4 Å². The lowest BCUT2D eigenvalue weighted by molar-refractivity contribution is 0.0517. The Morgan fingerprint density at radius 1 is 0.921 bits per heavy atom. The predicted octanol–water partition coefficient (Wildman–Crippen LogP) is 6.02. The average molecular weight is 533 g/mol. The maximum Gasteiger partial charge on any atom is 0.410 e. The van der Waals surface area contributed by atoms with Crippen LogP contribution in [0, 0.1) is 0 Å². The summed E-state index contributed by atoms with van der Waals surface area (Å²) in [5, 5.41) is 5.34. The Kier molecular flexibility index (Phi) is 6.64. The first-order valence-electron chi connectivity index (χ1n) is 13.6. The second-order valence-corrected chi connectivity index (χ2v) is 11.5. The van der Waals surface area contributed by atoms with Crippen LogP contribution >= 0.6 is 11.6 Å². The minimum atomic E-state index is -0.284. The van der Waals surface area contributed by atoms with Crippen LogP contribution in [0.5, 0.6) is 0 Å². The number of carbonyl (C=O) groups is 2. The van der Waals surface area contributed by atoms with Gasteiger partial charge in [-0.15, -0.1) is 0 Å². The van der Waals surface area contributed by atoms with Crippen molar-refractivity contribution in [3.63, 3.8) is 0 Å². The summed E-state index contributed by atoms with van der Waals surface area (Å²) in [7, 11) is 0. The molecule has 1 aromatic heterocycles. The maximum atomic E-state index is 13.9. The van der Waals surface area contributed by atoms with Gasteiger partial charge >= 0.3 is 6.09 Å². The Bertz CT molecular complexity index is 1310. The van der Waals surface area contributed by atoms with Crippen molar-refractivity contribution in [3.05, 3.63) is 82.6 Å². The molecule has 2 aromatic carbocycles. The van der Waals surface area contributed by atoms with Gasteiger partial charge < -0.3 is 14.5 Å². The van der Waals surface area contributed by atoms with Crippen LogP contribution in [0.15, 0.2) is 60.8 Å². The molecule has 0 spiro atoms. The molecule has 3 aliphatic rings. The fraction of sp³-hybridized carbons (Fsp3) is 0.433. The van der Waals surface area contributed by atoms with Crippen molar-refractivity contribution in [2.75, 3.05) is 26.2 Å². The van der Waals surface area contributed by atoms with Crippen molar-refractivity contribution >= 4 is 23.6 Å². The number of hydrogen-bond donors (Lipinski definition) is 0. The van der Waals surface area contributed by atoms with Crippen LogP contribution in [0.1, 0.15) is 72.5 Å². The van der Waals surface area contributed by atoms with Crippen molar-refractivity contribution in [1.29, 1.82) is 0 Å². The molecule has 6 rings (SSSR count). The summed E-state index contributed by atoms with van der Waals surface area (Å²) in [5.74, 6) is 0.472. The third-order valence-corrected chi connectivity index (χ3v) is 8.53. The number of aromatic nitrogens is 2. The lowest BCUT2D eigenvalue weighted by Gasteiger charge is -2.33. The number of nitrogens with zero attached hydrogens (tertiary/aromatic N) is 4. The molecule has 0 radical (unpaired) electrons. The van der Waals surface area contributed by atoms with E-state index in [1.165, 1.54) is 5.56 Å². The largest absolute Gasteiger partial charge is 0.443 e. The number of likely N-dealkylation sites (tertiary alicyclic amines) is 2. The molecule has 38 heavy (non-hydrogen) atoms. The van der Waals surface area contributed by atoms with E-state index in [-0.39, 0.29) is 23.5 Å². The van der Waals surface area contributed by atoms with E-state index >= 15 is 0 Å². The first-order valence-corrected chi connectivity index (χ1v) is 13.9. The highest BCUT2D eigenvalue weighted by Crippen LogP contribution is 2.40. The van der Waals surface area contributed by atoms with E-state index in [4.69, 9.17) is 21.4 Å². The number of benzene rings is 2. The molecule has 1 saturated carbocycles. The molecule has 8 heteroatoms. The summed E-state index contributed by atoms with van der Waals surface area (Å²) in [6.45, 7) is 4.61. The summed E-state index contributed by atoms with van der Waals surface area (Å²) in [6.07, 6.45) is 5.81. The second kappa shape index (κ2) is 10.1. The highest BCUT2D eigenvalue weighted by molar-refractivity contribution is 6.30. The molecule has 3 heterocycles.